The average molecular weight is 523 g/mol. The van der Waals surface area contributed by atoms with E-state index in [1.165, 1.54) is 5.69 Å². The van der Waals surface area contributed by atoms with Crippen LogP contribution in [0.2, 0.25) is 0 Å². The molecule has 0 amide bonds. The highest BCUT2D eigenvalue weighted by molar-refractivity contribution is 14.0. The highest BCUT2D eigenvalue weighted by Crippen LogP contribution is 2.12. The number of benzene rings is 1. The fraction of sp³-hybridized carbons (Fsp3) is 0.632. The van der Waals surface area contributed by atoms with Crippen LogP contribution in [0.25, 0.3) is 0 Å². The Balaban J connectivity index is 0.00000392. The second-order valence-electron chi connectivity index (χ2n) is 6.69. The lowest BCUT2D eigenvalue weighted by molar-refractivity contribution is 0.299. The summed E-state index contributed by atoms with van der Waals surface area (Å²) in [6.07, 6.45) is 1.02. The van der Waals surface area contributed by atoms with Crippen molar-refractivity contribution in [1.82, 2.24) is 15.5 Å². The number of nitrogens with zero attached hydrogens (tertiary/aromatic N) is 3. The summed E-state index contributed by atoms with van der Waals surface area (Å²) >= 11 is 0. The van der Waals surface area contributed by atoms with Gasteiger partial charge in [-0.2, -0.15) is 0 Å². The van der Waals surface area contributed by atoms with Crippen molar-refractivity contribution in [2.45, 2.75) is 13.3 Å². The molecule has 1 fully saturated rings. The Kier molecular flexibility index (Phi) is 11.8. The molecule has 1 aliphatic rings. The normalized spacial score (nSPS) is 16.9. The molecule has 0 saturated carbocycles. The van der Waals surface area contributed by atoms with Crippen LogP contribution in [0.3, 0.4) is 0 Å². The number of halogens is 1. The number of aliphatic imine (C=N–C) groups is 1. The smallest absolute Gasteiger partial charge is 0.191 e. The van der Waals surface area contributed by atoms with E-state index < -0.39 is 9.84 Å². The van der Waals surface area contributed by atoms with Crippen molar-refractivity contribution < 1.29 is 8.42 Å². The molecule has 1 aliphatic heterocycles. The van der Waals surface area contributed by atoms with Crippen LogP contribution in [0.15, 0.2) is 35.3 Å². The van der Waals surface area contributed by atoms with Crippen LogP contribution in [0.1, 0.15) is 13.3 Å². The van der Waals surface area contributed by atoms with E-state index in [4.69, 9.17) is 0 Å². The molecule has 0 bridgehead atoms. The SMILES string of the molecule is CCN(CCCNC(=NC)NCCN1CCS(=O)(=O)CC1)c1ccccc1.I. The minimum Gasteiger partial charge on any atom is -0.372 e. The van der Waals surface area contributed by atoms with E-state index in [1.54, 1.807) is 7.05 Å². The number of anilines is 1. The largest absolute Gasteiger partial charge is 0.372 e. The molecular formula is C19H34IN5O2S. The summed E-state index contributed by atoms with van der Waals surface area (Å²) in [5, 5.41) is 6.65. The zero-order valence-corrected chi connectivity index (χ0v) is 20.1. The van der Waals surface area contributed by atoms with Crippen molar-refractivity contribution in [3.05, 3.63) is 30.3 Å². The molecule has 0 radical (unpaired) electrons. The Morgan fingerprint density at radius 1 is 1.14 bits per heavy atom. The molecule has 28 heavy (non-hydrogen) atoms. The highest BCUT2D eigenvalue weighted by Gasteiger charge is 2.20. The third-order valence-electron chi connectivity index (χ3n) is 4.78. The van der Waals surface area contributed by atoms with E-state index in [0.717, 1.165) is 45.1 Å². The molecule has 9 heteroatoms. The summed E-state index contributed by atoms with van der Waals surface area (Å²) in [6.45, 7) is 7.84. The molecule has 1 aromatic carbocycles. The third-order valence-corrected chi connectivity index (χ3v) is 6.39. The van der Waals surface area contributed by atoms with E-state index in [2.05, 4.69) is 56.6 Å². The van der Waals surface area contributed by atoms with E-state index >= 15 is 0 Å². The van der Waals surface area contributed by atoms with Crippen molar-refractivity contribution in [2.75, 3.05) is 69.3 Å². The molecule has 1 aromatic rings. The molecular weight excluding hydrogens is 489 g/mol. The molecule has 160 valence electrons. The number of hydrogen-bond donors (Lipinski definition) is 2. The average Bonchev–Trinajstić information content (AvgIpc) is 2.68. The van der Waals surface area contributed by atoms with Crippen LogP contribution in [0.4, 0.5) is 5.69 Å². The van der Waals surface area contributed by atoms with Gasteiger partial charge in [0.1, 0.15) is 0 Å². The third kappa shape index (κ3) is 8.95. The summed E-state index contributed by atoms with van der Waals surface area (Å²) in [7, 11) is -1.04. The second-order valence-corrected chi connectivity index (χ2v) is 8.99. The number of rotatable bonds is 9. The first-order valence-electron chi connectivity index (χ1n) is 9.71. The summed E-state index contributed by atoms with van der Waals surface area (Å²) < 4.78 is 22.9. The van der Waals surface area contributed by atoms with Gasteiger partial charge in [0, 0.05) is 58.5 Å². The van der Waals surface area contributed by atoms with Crippen LogP contribution in [-0.4, -0.2) is 83.6 Å². The molecule has 1 saturated heterocycles. The maximum Gasteiger partial charge on any atom is 0.191 e. The first kappa shape index (κ1) is 25.0. The Bertz CT molecular complexity index is 671. The van der Waals surface area contributed by atoms with Crippen molar-refractivity contribution in [1.29, 1.82) is 0 Å². The van der Waals surface area contributed by atoms with Crippen LogP contribution in [0, 0.1) is 0 Å². The quantitative estimate of drug-likeness (QED) is 0.221. The van der Waals surface area contributed by atoms with Crippen LogP contribution in [-0.2, 0) is 9.84 Å². The molecule has 7 nitrogen and oxygen atoms in total. The number of sulfone groups is 1. The topological polar surface area (TPSA) is 77.0 Å². The van der Waals surface area contributed by atoms with Gasteiger partial charge >= 0.3 is 0 Å². The van der Waals surface area contributed by atoms with Crippen LogP contribution >= 0.6 is 24.0 Å². The Hall–Kier alpha value is -1.07. The minimum atomic E-state index is -2.81. The number of nitrogens with one attached hydrogen (secondary N) is 2. The van der Waals surface area contributed by atoms with Gasteiger partial charge in [-0.1, -0.05) is 18.2 Å². The fourth-order valence-electron chi connectivity index (χ4n) is 3.11. The first-order chi connectivity index (χ1) is 13.0. The second kappa shape index (κ2) is 13.2. The van der Waals surface area contributed by atoms with Crippen molar-refractivity contribution in [2.24, 2.45) is 4.99 Å². The Labute approximate surface area is 186 Å². The zero-order chi connectivity index (χ0) is 19.5. The number of hydrogen-bond acceptors (Lipinski definition) is 5. The maximum atomic E-state index is 11.5. The maximum absolute atomic E-state index is 11.5. The van der Waals surface area contributed by atoms with Gasteiger partial charge in [-0.05, 0) is 25.5 Å². The Morgan fingerprint density at radius 2 is 1.79 bits per heavy atom. The molecule has 0 aliphatic carbocycles. The van der Waals surface area contributed by atoms with Gasteiger partial charge in [0.25, 0.3) is 0 Å². The van der Waals surface area contributed by atoms with Gasteiger partial charge < -0.3 is 15.5 Å². The summed E-state index contributed by atoms with van der Waals surface area (Å²) in [4.78, 5) is 8.80. The molecule has 1 heterocycles. The standard InChI is InChI=1S/C19H33N5O2S.HI/c1-3-24(18-8-5-4-6-9-18)12-7-10-21-19(20-2)22-11-13-23-14-16-27(25,26)17-15-23;/h4-6,8-9H,3,7,10-17H2,1-2H3,(H2,20,21,22);1H. The lowest BCUT2D eigenvalue weighted by atomic mass is 10.2. The lowest BCUT2D eigenvalue weighted by Crippen LogP contribution is -2.46. The monoisotopic (exact) mass is 523 g/mol. The number of para-hydroxylation sites is 1. The van der Waals surface area contributed by atoms with Gasteiger partial charge in [-0.25, -0.2) is 8.42 Å². The predicted octanol–water partition coefficient (Wildman–Crippen LogP) is 1.42. The van der Waals surface area contributed by atoms with Crippen molar-refractivity contribution >= 4 is 45.5 Å². The van der Waals surface area contributed by atoms with Gasteiger partial charge in [-0.15, -0.1) is 24.0 Å². The van der Waals surface area contributed by atoms with E-state index in [1.807, 2.05) is 6.07 Å². The Morgan fingerprint density at radius 3 is 2.39 bits per heavy atom. The van der Waals surface area contributed by atoms with Gasteiger partial charge in [0.2, 0.25) is 0 Å². The minimum absolute atomic E-state index is 0. The fourth-order valence-corrected chi connectivity index (χ4v) is 4.39. The molecule has 2 rings (SSSR count). The van der Waals surface area contributed by atoms with E-state index in [9.17, 15) is 8.42 Å². The molecule has 0 spiro atoms. The predicted molar refractivity (Wildman–Crippen MR) is 129 cm³/mol. The lowest BCUT2D eigenvalue weighted by Gasteiger charge is -2.26. The van der Waals surface area contributed by atoms with Gasteiger partial charge in [-0.3, -0.25) is 9.89 Å². The first-order valence-corrected chi connectivity index (χ1v) is 11.5. The van der Waals surface area contributed by atoms with Crippen LogP contribution in [0.5, 0.6) is 0 Å². The van der Waals surface area contributed by atoms with Gasteiger partial charge in [0.15, 0.2) is 15.8 Å². The number of guanidine groups is 1. The molecule has 0 unspecified atom stereocenters. The molecule has 2 N–H and O–H groups in total. The molecule has 0 aromatic heterocycles. The zero-order valence-electron chi connectivity index (χ0n) is 16.9. The summed E-state index contributed by atoms with van der Waals surface area (Å²) in [6, 6.07) is 10.5. The van der Waals surface area contributed by atoms with E-state index in [0.29, 0.717) is 13.1 Å². The van der Waals surface area contributed by atoms with Gasteiger partial charge in [0.05, 0.1) is 11.5 Å². The van der Waals surface area contributed by atoms with Crippen molar-refractivity contribution in [3.8, 4) is 0 Å². The highest BCUT2D eigenvalue weighted by atomic mass is 127. The summed E-state index contributed by atoms with van der Waals surface area (Å²) in [5.41, 5.74) is 1.26. The van der Waals surface area contributed by atoms with Crippen LogP contribution < -0.4 is 15.5 Å². The molecule has 0 atom stereocenters. The summed E-state index contributed by atoms with van der Waals surface area (Å²) in [5.74, 6) is 1.34. The van der Waals surface area contributed by atoms with E-state index in [-0.39, 0.29) is 35.5 Å². The van der Waals surface area contributed by atoms with Crippen molar-refractivity contribution in [3.63, 3.8) is 0 Å².